The van der Waals surface area contributed by atoms with Crippen molar-refractivity contribution in [3.05, 3.63) is 78.2 Å². The molecule has 10 nitrogen and oxygen atoms in total. The van der Waals surface area contributed by atoms with Gasteiger partial charge < -0.3 is 35.3 Å². The summed E-state index contributed by atoms with van der Waals surface area (Å²) in [5.74, 6) is -0.433. The van der Waals surface area contributed by atoms with E-state index in [4.69, 9.17) is 24.7 Å². The van der Waals surface area contributed by atoms with E-state index in [9.17, 15) is 22.8 Å². The van der Waals surface area contributed by atoms with Crippen molar-refractivity contribution in [2.45, 2.75) is 50.4 Å². The van der Waals surface area contributed by atoms with E-state index in [1.165, 1.54) is 25.4 Å². The van der Waals surface area contributed by atoms with Gasteiger partial charge in [0.15, 0.2) is 23.1 Å². The van der Waals surface area contributed by atoms with Gasteiger partial charge in [-0.05, 0) is 74.2 Å². The minimum atomic E-state index is -4.50. The maximum absolute atomic E-state index is 15.0. The number of rotatable bonds is 11. The number of carbonyl (C=O) groups is 2. The molecule has 1 saturated carbocycles. The van der Waals surface area contributed by atoms with Gasteiger partial charge in [-0.25, -0.2) is 9.18 Å². The highest BCUT2D eigenvalue weighted by molar-refractivity contribution is 5.99. The van der Waals surface area contributed by atoms with Gasteiger partial charge in [0.25, 0.3) is 0 Å². The predicted molar refractivity (Wildman–Crippen MR) is 165 cm³/mol. The standard InChI is InChI=1S/C33H32F4N4O6/c1-44-29-17-23-26(18-30(29)45-15-13-25(38)31(42)46-22-4-2-3-5-22)39-14-12-27(23)47-28-11-10-21(16-24(28)34)41-32(43)40-20-8-6-19(7-9-20)33(35,36)37/h6-12,14,16-18,22,25H,2-5,13,15,38H2,1H3,(H2,40,41,43)/t25-/m0/s1. The SMILES string of the molecule is COc1cc2c(Oc3ccc(NC(=O)Nc4ccc(C(F)(F)F)cc4)cc3F)ccnc2cc1OCC[C@H](N)C(=O)OC1CCCC1. The number of alkyl halides is 3. The van der Waals surface area contributed by atoms with Gasteiger partial charge in [-0.2, -0.15) is 13.2 Å². The third kappa shape index (κ3) is 8.58. The average molecular weight is 657 g/mol. The molecule has 0 radical (unpaired) electrons. The molecule has 47 heavy (non-hydrogen) atoms. The van der Waals surface area contributed by atoms with Crippen LogP contribution in [-0.2, 0) is 15.7 Å². The van der Waals surface area contributed by atoms with Crippen LogP contribution >= 0.6 is 0 Å². The molecule has 4 aromatic rings. The molecule has 1 aliphatic carbocycles. The van der Waals surface area contributed by atoms with Crippen molar-refractivity contribution in [1.29, 1.82) is 0 Å². The Balaban J connectivity index is 1.21. The molecule has 5 rings (SSSR count). The molecular formula is C33H32F4N4O6. The van der Waals surface area contributed by atoms with Crippen molar-refractivity contribution < 1.29 is 46.1 Å². The summed E-state index contributed by atoms with van der Waals surface area (Å²) in [7, 11) is 1.45. The molecule has 1 heterocycles. The van der Waals surface area contributed by atoms with Gasteiger partial charge in [0, 0.05) is 41.5 Å². The topological polar surface area (TPSA) is 134 Å². The molecule has 14 heteroatoms. The van der Waals surface area contributed by atoms with Crippen molar-refractivity contribution in [2.24, 2.45) is 5.73 Å². The van der Waals surface area contributed by atoms with Gasteiger partial charge >= 0.3 is 18.2 Å². The molecule has 0 unspecified atom stereocenters. The normalized spacial score (nSPS) is 14.0. The zero-order chi connectivity index (χ0) is 33.6. The number of fused-ring (bicyclic) bond motifs is 1. The number of esters is 1. The van der Waals surface area contributed by atoms with Crippen LogP contribution in [-0.4, -0.2) is 42.8 Å². The smallest absolute Gasteiger partial charge is 0.416 e. The van der Waals surface area contributed by atoms with Crippen LogP contribution in [0.25, 0.3) is 10.9 Å². The van der Waals surface area contributed by atoms with E-state index in [-0.39, 0.29) is 42.0 Å². The molecule has 0 aliphatic heterocycles. The van der Waals surface area contributed by atoms with Crippen LogP contribution < -0.4 is 30.6 Å². The summed E-state index contributed by atoms with van der Waals surface area (Å²) in [6, 6.07) is 10.8. The first-order chi connectivity index (χ1) is 22.5. The molecule has 248 valence electrons. The summed E-state index contributed by atoms with van der Waals surface area (Å²) in [6.45, 7) is 0.118. The first-order valence-corrected chi connectivity index (χ1v) is 14.8. The maximum atomic E-state index is 15.0. The lowest BCUT2D eigenvalue weighted by Gasteiger charge is -2.17. The highest BCUT2D eigenvalue weighted by atomic mass is 19.4. The number of urea groups is 1. The van der Waals surface area contributed by atoms with E-state index in [0.717, 1.165) is 56.0 Å². The second-order valence-corrected chi connectivity index (χ2v) is 10.8. The van der Waals surface area contributed by atoms with Crippen molar-refractivity contribution >= 4 is 34.3 Å². The Bertz CT molecular complexity index is 1730. The van der Waals surface area contributed by atoms with E-state index in [1.807, 2.05) is 0 Å². The Labute approximate surface area is 267 Å². The van der Waals surface area contributed by atoms with Crippen molar-refractivity contribution in [1.82, 2.24) is 4.98 Å². The zero-order valence-electron chi connectivity index (χ0n) is 25.2. The summed E-state index contributed by atoms with van der Waals surface area (Å²) in [4.78, 5) is 29.0. The third-order valence-corrected chi connectivity index (χ3v) is 7.44. The molecule has 3 aromatic carbocycles. The van der Waals surface area contributed by atoms with Crippen LogP contribution in [0.3, 0.4) is 0 Å². The largest absolute Gasteiger partial charge is 0.493 e. The Morgan fingerprint density at radius 3 is 2.32 bits per heavy atom. The zero-order valence-corrected chi connectivity index (χ0v) is 25.2. The number of nitrogens with two attached hydrogens (primary N) is 1. The summed E-state index contributed by atoms with van der Waals surface area (Å²) in [5.41, 5.74) is 5.81. The fourth-order valence-electron chi connectivity index (χ4n) is 4.98. The van der Waals surface area contributed by atoms with Crippen LogP contribution in [0.2, 0.25) is 0 Å². The number of nitrogens with zero attached hydrogens (tertiary/aromatic N) is 1. The molecule has 2 amide bonds. The van der Waals surface area contributed by atoms with Gasteiger partial charge in [0.05, 0.1) is 24.8 Å². The highest BCUT2D eigenvalue weighted by Gasteiger charge is 2.30. The lowest BCUT2D eigenvalue weighted by atomic mass is 10.1. The van der Waals surface area contributed by atoms with E-state index >= 15 is 4.39 Å². The van der Waals surface area contributed by atoms with Crippen LogP contribution in [0.1, 0.15) is 37.7 Å². The van der Waals surface area contributed by atoms with Crippen molar-refractivity contribution in [3.8, 4) is 23.0 Å². The van der Waals surface area contributed by atoms with E-state index in [0.29, 0.717) is 22.4 Å². The Kier molecular flexibility index (Phi) is 10.3. The number of nitrogens with one attached hydrogen (secondary N) is 2. The second kappa shape index (κ2) is 14.5. The third-order valence-electron chi connectivity index (χ3n) is 7.44. The number of hydrogen-bond donors (Lipinski definition) is 3. The number of ether oxygens (including phenoxy) is 4. The molecular weight excluding hydrogens is 624 g/mol. The van der Waals surface area contributed by atoms with Crippen molar-refractivity contribution in [2.75, 3.05) is 24.4 Å². The minimum Gasteiger partial charge on any atom is -0.493 e. The summed E-state index contributed by atoms with van der Waals surface area (Å²) >= 11 is 0. The van der Waals surface area contributed by atoms with Crippen LogP contribution in [0, 0.1) is 5.82 Å². The maximum Gasteiger partial charge on any atom is 0.416 e. The lowest BCUT2D eigenvalue weighted by Crippen LogP contribution is -2.35. The number of benzene rings is 3. The van der Waals surface area contributed by atoms with Crippen molar-refractivity contribution in [3.63, 3.8) is 0 Å². The Morgan fingerprint density at radius 1 is 0.936 bits per heavy atom. The lowest BCUT2D eigenvalue weighted by molar-refractivity contribution is -0.150. The van der Waals surface area contributed by atoms with Gasteiger partial charge in [-0.3, -0.25) is 9.78 Å². The van der Waals surface area contributed by atoms with E-state index < -0.39 is 35.6 Å². The molecule has 1 fully saturated rings. The number of pyridine rings is 1. The second-order valence-electron chi connectivity index (χ2n) is 10.8. The fourth-order valence-corrected chi connectivity index (χ4v) is 4.98. The molecule has 1 aromatic heterocycles. The first-order valence-electron chi connectivity index (χ1n) is 14.8. The molecule has 1 aliphatic rings. The monoisotopic (exact) mass is 656 g/mol. The number of aromatic nitrogens is 1. The predicted octanol–water partition coefficient (Wildman–Crippen LogP) is 7.42. The van der Waals surface area contributed by atoms with Gasteiger partial charge in [0.2, 0.25) is 0 Å². The van der Waals surface area contributed by atoms with Gasteiger partial charge in [0.1, 0.15) is 17.9 Å². The van der Waals surface area contributed by atoms with Crippen LogP contribution in [0.5, 0.6) is 23.0 Å². The van der Waals surface area contributed by atoms with E-state index in [2.05, 4.69) is 15.6 Å². The molecule has 1 atom stereocenters. The number of anilines is 2. The summed E-state index contributed by atoms with van der Waals surface area (Å²) < 4.78 is 76.0. The van der Waals surface area contributed by atoms with Gasteiger partial charge in [-0.1, -0.05) is 0 Å². The fraction of sp³-hybridized carbons (Fsp3) is 0.303. The number of halogens is 4. The average Bonchev–Trinajstić information content (AvgIpc) is 3.55. The Hall–Kier alpha value is -5.11. The summed E-state index contributed by atoms with van der Waals surface area (Å²) in [5, 5.41) is 5.30. The number of carbonyl (C=O) groups excluding carboxylic acids is 2. The summed E-state index contributed by atoms with van der Waals surface area (Å²) in [6.07, 6.45) is 0.910. The Morgan fingerprint density at radius 2 is 1.64 bits per heavy atom. The van der Waals surface area contributed by atoms with Crippen LogP contribution in [0.15, 0.2) is 66.9 Å². The number of amides is 2. The quantitative estimate of drug-likeness (QED) is 0.112. The molecule has 0 saturated heterocycles. The number of methoxy groups -OCH3 is 1. The highest BCUT2D eigenvalue weighted by Crippen LogP contribution is 2.38. The molecule has 0 bridgehead atoms. The molecule has 0 spiro atoms. The van der Waals surface area contributed by atoms with Crippen LogP contribution in [0.4, 0.5) is 33.7 Å². The number of hydrogen-bond acceptors (Lipinski definition) is 8. The first kappa shape index (κ1) is 33.3. The van der Waals surface area contributed by atoms with E-state index in [1.54, 1.807) is 18.2 Å². The minimum absolute atomic E-state index is 0.0733. The van der Waals surface area contributed by atoms with Gasteiger partial charge in [-0.15, -0.1) is 0 Å². The molecule has 4 N–H and O–H groups in total.